The fraction of sp³-hybridized carbons (Fsp3) is 0.438. The summed E-state index contributed by atoms with van der Waals surface area (Å²) >= 11 is 0. The number of hydrogen-bond donors (Lipinski definition) is 1. The molecule has 3 aromatic rings. The van der Waals surface area contributed by atoms with Gasteiger partial charge in [-0.3, -0.25) is 14.0 Å². The first-order chi connectivity index (χ1) is 12.1. The molecule has 0 saturated carbocycles. The Balaban J connectivity index is 1.52. The summed E-state index contributed by atoms with van der Waals surface area (Å²) in [6.07, 6.45) is 6.87. The van der Waals surface area contributed by atoms with Gasteiger partial charge in [-0.15, -0.1) is 0 Å². The van der Waals surface area contributed by atoms with Gasteiger partial charge >= 0.3 is 0 Å². The molecule has 0 bridgehead atoms. The third kappa shape index (κ3) is 2.92. The van der Waals surface area contributed by atoms with Crippen LogP contribution in [0.15, 0.2) is 29.6 Å². The Morgan fingerprint density at radius 1 is 1.24 bits per heavy atom. The molecule has 0 amide bonds. The van der Waals surface area contributed by atoms with Gasteiger partial charge in [-0.1, -0.05) is 0 Å². The second-order valence-corrected chi connectivity index (χ2v) is 6.32. The van der Waals surface area contributed by atoms with E-state index < -0.39 is 0 Å². The lowest BCUT2D eigenvalue weighted by atomic mass is 10.1. The maximum absolute atomic E-state index is 12.5. The molecule has 3 aromatic heterocycles. The lowest BCUT2D eigenvalue weighted by Crippen LogP contribution is -2.42. The van der Waals surface area contributed by atoms with E-state index in [0.29, 0.717) is 23.0 Å². The summed E-state index contributed by atoms with van der Waals surface area (Å²) < 4.78 is 3.24. The average Bonchev–Trinajstić information content (AvgIpc) is 3.01. The number of rotatable bonds is 3. The van der Waals surface area contributed by atoms with Gasteiger partial charge in [-0.25, -0.2) is 9.97 Å². The molecule has 1 saturated heterocycles. The Labute approximate surface area is 144 Å². The van der Waals surface area contributed by atoms with Gasteiger partial charge < -0.3 is 10.2 Å². The van der Waals surface area contributed by atoms with Crippen LogP contribution in [0.4, 0.5) is 11.8 Å². The predicted octanol–water partition coefficient (Wildman–Crippen LogP) is 0.538. The van der Waals surface area contributed by atoms with Gasteiger partial charge in [0.1, 0.15) is 17.5 Å². The molecule has 1 fully saturated rings. The first kappa shape index (κ1) is 15.6. The first-order valence-electron chi connectivity index (χ1n) is 8.29. The van der Waals surface area contributed by atoms with Crippen LogP contribution in [-0.4, -0.2) is 48.4 Å². The highest BCUT2D eigenvalue weighted by molar-refractivity contribution is 5.74. The van der Waals surface area contributed by atoms with Crippen molar-refractivity contribution in [2.24, 2.45) is 14.1 Å². The van der Waals surface area contributed by atoms with Crippen molar-refractivity contribution >= 4 is 22.8 Å². The number of piperidine rings is 1. The zero-order chi connectivity index (χ0) is 17.4. The fourth-order valence-corrected chi connectivity index (χ4v) is 3.24. The van der Waals surface area contributed by atoms with E-state index in [1.165, 1.54) is 0 Å². The third-order valence-corrected chi connectivity index (χ3v) is 4.56. The van der Waals surface area contributed by atoms with E-state index in [2.05, 4.69) is 30.3 Å². The lowest BCUT2D eigenvalue weighted by molar-refractivity contribution is 0.512. The second kappa shape index (κ2) is 6.15. The number of fused-ring (bicyclic) bond motifs is 1. The van der Waals surface area contributed by atoms with Gasteiger partial charge in [0.15, 0.2) is 5.65 Å². The fourth-order valence-electron chi connectivity index (χ4n) is 3.24. The van der Waals surface area contributed by atoms with E-state index in [-0.39, 0.29) is 5.56 Å². The Morgan fingerprint density at radius 2 is 2.04 bits per heavy atom. The van der Waals surface area contributed by atoms with E-state index >= 15 is 0 Å². The summed E-state index contributed by atoms with van der Waals surface area (Å²) in [6, 6.07) is 2.22. The molecule has 1 N–H and O–H groups in total. The van der Waals surface area contributed by atoms with Crippen LogP contribution in [0.2, 0.25) is 0 Å². The van der Waals surface area contributed by atoms with Crippen LogP contribution < -0.4 is 15.8 Å². The Hall–Kier alpha value is -2.97. The maximum Gasteiger partial charge on any atom is 0.265 e. The molecule has 0 spiro atoms. The summed E-state index contributed by atoms with van der Waals surface area (Å²) in [4.78, 5) is 27.4. The standard InChI is InChI=1S/C16H20N8O/c1-22-9-12-14(21-22)20-16(23(2)15(12)25)24-7-4-11(5-8-24)19-13-3-6-17-10-18-13/h3,6,9-11H,4-5,7-8H2,1-2H3,(H,17,18,19). The lowest BCUT2D eigenvalue weighted by Gasteiger charge is -2.33. The van der Waals surface area contributed by atoms with Crippen molar-refractivity contribution in [3.63, 3.8) is 0 Å². The van der Waals surface area contributed by atoms with Gasteiger partial charge in [-0.05, 0) is 18.9 Å². The Bertz CT molecular complexity index is 940. The van der Waals surface area contributed by atoms with E-state index in [4.69, 9.17) is 0 Å². The highest BCUT2D eigenvalue weighted by Gasteiger charge is 2.23. The third-order valence-electron chi connectivity index (χ3n) is 4.56. The highest BCUT2D eigenvalue weighted by atomic mass is 16.1. The monoisotopic (exact) mass is 340 g/mol. The van der Waals surface area contributed by atoms with Gasteiger partial charge in [0, 0.05) is 45.6 Å². The molecule has 0 aromatic carbocycles. The SMILES string of the molecule is Cn1cc2c(=O)n(C)c(N3CCC(Nc4ccncn4)CC3)nc2n1. The van der Waals surface area contributed by atoms with Gasteiger partial charge in [0.05, 0.1) is 0 Å². The van der Waals surface area contributed by atoms with Gasteiger partial charge in [0.25, 0.3) is 5.56 Å². The summed E-state index contributed by atoms with van der Waals surface area (Å²) in [5.41, 5.74) is 0.441. The highest BCUT2D eigenvalue weighted by Crippen LogP contribution is 2.20. The van der Waals surface area contributed by atoms with Crippen molar-refractivity contribution in [3.8, 4) is 0 Å². The molecule has 0 unspecified atom stereocenters. The minimum absolute atomic E-state index is 0.0608. The van der Waals surface area contributed by atoms with Crippen LogP contribution >= 0.6 is 0 Å². The number of nitrogens with zero attached hydrogens (tertiary/aromatic N) is 7. The Kier molecular flexibility index (Phi) is 3.83. The maximum atomic E-state index is 12.5. The number of aryl methyl sites for hydroxylation is 1. The van der Waals surface area contributed by atoms with Crippen molar-refractivity contribution in [2.45, 2.75) is 18.9 Å². The molecule has 1 aliphatic heterocycles. The number of hydrogen-bond acceptors (Lipinski definition) is 7. The predicted molar refractivity (Wildman–Crippen MR) is 94.6 cm³/mol. The average molecular weight is 340 g/mol. The Morgan fingerprint density at radius 3 is 2.76 bits per heavy atom. The topological polar surface area (TPSA) is 93.8 Å². The van der Waals surface area contributed by atoms with E-state index in [9.17, 15) is 4.79 Å². The minimum Gasteiger partial charge on any atom is -0.367 e. The van der Waals surface area contributed by atoms with Crippen molar-refractivity contribution in [1.82, 2.24) is 29.3 Å². The summed E-state index contributed by atoms with van der Waals surface area (Å²) in [6.45, 7) is 1.64. The molecule has 130 valence electrons. The smallest absolute Gasteiger partial charge is 0.265 e. The molecular formula is C16H20N8O. The quantitative estimate of drug-likeness (QED) is 0.743. The minimum atomic E-state index is -0.0608. The number of anilines is 2. The van der Waals surface area contributed by atoms with E-state index in [1.54, 1.807) is 42.1 Å². The van der Waals surface area contributed by atoms with Crippen LogP contribution in [0.1, 0.15) is 12.8 Å². The summed E-state index contributed by atoms with van der Waals surface area (Å²) in [7, 11) is 3.56. The van der Waals surface area contributed by atoms with Gasteiger partial charge in [0.2, 0.25) is 5.95 Å². The molecule has 1 aliphatic rings. The summed E-state index contributed by atoms with van der Waals surface area (Å²) in [5, 5.41) is 8.26. The van der Waals surface area contributed by atoms with Crippen molar-refractivity contribution in [2.75, 3.05) is 23.3 Å². The van der Waals surface area contributed by atoms with Crippen LogP contribution in [0.3, 0.4) is 0 Å². The normalized spacial score (nSPS) is 15.7. The largest absolute Gasteiger partial charge is 0.367 e. The molecule has 4 heterocycles. The molecule has 0 atom stereocenters. The zero-order valence-corrected chi connectivity index (χ0v) is 14.3. The van der Waals surface area contributed by atoms with Crippen molar-refractivity contribution in [1.29, 1.82) is 0 Å². The molecule has 0 radical (unpaired) electrons. The number of aromatic nitrogens is 6. The van der Waals surface area contributed by atoms with E-state index in [0.717, 1.165) is 31.7 Å². The molecule has 25 heavy (non-hydrogen) atoms. The van der Waals surface area contributed by atoms with Crippen LogP contribution in [-0.2, 0) is 14.1 Å². The zero-order valence-electron chi connectivity index (χ0n) is 14.3. The van der Waals surface area contributed by atoms with Crippen molar-refractivity contribution in [3.05, 3.63) is 35.1 Å². The molecule has 9 heteroatoms. The molecule has 9 nitrogen and oxygen atoms in total. The summed E-state index contributed by atoms with van der Waals surface area (Å²) in [5.74, 6) is 1.52. The van der Waals surface area contributed by atoms with Crippen LogP contribution in [0, 0.1) is 0 Å². The first-order valence-corrected chi connectivity index (χ1v) is 8.29. The molecular weight excluding hydrogens is 320 g/mol. The van der Waals surface area contributed by atoms with Crippen LogP contribution in [0.25, 0.3) is 11.0 Å². The van der Waals surface area contributed by atoms with Crippen LogP contribution in [0.5, 0.6) is 0 Å². The number of nitrogens with one attached hydrogen (secondary N) is 1. The van der Waals surface area contributed by atoms with Crippen molar-refractivity contribution < 1.29 is 0 Å². The second-order valence-electron chi connectivity index (χ2n) is 6.32. The van der Waals surface area contributed by atoms with E-state index in [1.807, 2.05) is 6.07 Å². The van der Waals surface area contributed by atoms with Gasteiger partial charge in [-0.2, -0.15) is 10.1 Å². The molecule has 4 rings (SSSR count). The molecule has 0 aliphatic carbocycles.